The standard InChI is InChI=1S/C19H23N3O4/c1-4-9-22-15-12-21(10-11-25-2)18(23)16(15)17(20-19(22)24)13-5-7-14(26-3)8-6-13/h4-8,17H,1,9-12H2,2-3H3,(H,20,24). The first-order chi connectivity index (χ1) is 12.6. The van der Waals surface area contributed by atoms with Crippen molar-refractivity contribution in [3.05, 3.63) is 53.8 Å². The number of urea groups is 1. The van der Waals surface area contributed by atoms with Gasteiger partial charge in [0.15, 0.2) is 0 Å². The van der Waals surface area contributed by atoms with Gasteiger partial charge in [0.2, 0.25) is 0 Å². The molecule has 0 radical (unpaired) electrons. The molecule has 138 valence electrons. The van der Waals surface area contributed by atoms with Gasteiger partial charge in [-0.15, -0.1) is 6.58 Å². The number of ether oxygens (including phenoxy) is 2. The second-order valence-electron chi connectivity index (χ2n) is 6.13. The van der Waals surface area contributed by atoms with Crippen LogP contribution in [0.1, 0.15) is 11.6 Å². The van der Waals surface area contributed by atoms with Crippen LogP contribution in [0.25, 0.3) is 0 Å². The van der Waals surface area contributed by atoms with Gasteiger partial charge >= 0.3 is 6.03 Å². The van der Waals surface area contributed by atoms with Crippen LogP contribution in [0.5, 0.6) is 5.75 Å². The maximum absolute atomic E-state index is 13.0. The van der Waals surface area contributed by atoms with Crippen LogP contribution in [0.15, 0.2) is 48.2 Å². The summed E-state index contributed by atoms with van der Waals surface area (Å²) in [6.07, 6.45) is 1.65. The summed E-state index contributed by atoms with van der Waals surface area (Å²) in [6, 6.07) is 6.65. The van der Waals surface area contributed by atoms with E-state index in [2.05, 4.69) is 11.9 Å². The fourth-order valence-electron chi connectivity index (χ4n) is 3.30. The topological polar surface area (TPSA) is 71.1 Å². The Kier molecular flexibility index (Phi) is 5.27. The first-order valence-electron chi connectivity index (χ1n) is 8.44. The summed E-state index contributed by atoms with van der Waals surface area (Å²) < 4.78 is 10.3. The number of rotatable bonds is 7. The Labute approximate surface area is 152 Å². The molecule has 26 heavy (non-hydrogen) atoms. The lowest BCUT2D eigenvalue weighted by atomic mass is 9.95. The van der Waals surface area contributed by atoms with Crippen LogP contribution in [0.3, 0.4) is 0 Å². The van der Waals surface area contributed by atoms with Crippen LogP contribution in [-0.4, -0.2) is 62.2 Å². The second-order valence-corrected chi connectivity index (χ2v) is 6.13. The Hall–Kier alpha value is -2.80. The molecular formula is C19H23N3O4. The highest BCUT2D eigenvalue weighted by molar-refractivity contribution is 6.01. The molecule has 2 aliphatic heterocycles. The van der Waals surface area contributed by atoms with E-state index in [1.165, 1.54) is 0 Å². The molecule has 0 saturated carbocycles. The predicted molar refractivity (Wildman–Crippen MR) is 96.7 cm³/mol. The molecule has 0 spiro atoms. The number of amides is 3. The van der Waals surface area contributed by atoms with Gasteiger partial charge in [-0.3, -0.25) is 9.69 Å². The van der Waals surface area contributed by atoms with Crippen LogP contribution in [0.4, 0.5) is 4.79 Å². The van der Waals surface area contributed by atoms with Gasteiger partial charge < -0.3 is 19.7 Å². The number of hydrogen-bond donors (Lipinski definition) is 1. The van der Waals surface area contributed by atoms with Gasteiger partial charge in [-0.2, -0.15) is 0 Å². The van der Waals surface area contributed by atoms with E-state index in [0.29, 0.717) is 31.8 Å². The van der Waals surface area contributed by atoms with Crippen molar-refractivity contribution in [3.63, 3.8) is 0 Å². The van der Waals surface area contributed by atoms with Crippen LogP contribution in [0, 0.1) is 0 Å². The average molecular weight is 357 g/mol. The normalized spacial score (nSPS) is 19.5. The number of nitrogens with zero attached hydrogens (tertiary/aromatic N) is 2. The Balaban J connectivity index is 1.98. The van der Waals surface area contributed by atoms with Crippen molar-refractivity contribution in [1.82, 2.24) is 15.1 Å². The highest BCUT2D eigenvalue weighted by Crippen LogP contribution is 2.36. The summed E-state index contributed by atoms with van der Waals surface area (Å²) >= 11 is 0. The third-order valence-corrected chi connectivity index (χ3v) is 4.62. The van der Waals surface area contributed by atoms with Crippen molar-refractivity contribution in [3.8, 4) is 5.75 Å². The van der Waals surface area contributed by atoms with E-state index >= 15 is 0 Å². The number of carbonyl (C=O) groups excluding carboxylic acids is 2. The van der Waals surface area contributed by atoms with Gasteiger partial charge in [-0.1, -0.05) is 18.2 Å². The fourth-order valence-corrected chi connectivity index (χ4v) is 3.30. The lowest BCUT2D eigenvalue weighted by Crippen LogP contribution is -2.47. The molecule has 2 heterocycles. The predicted octanol–water partition coefficient (Wildman–Crippen LogP) is 1.69. The molecule has 1 unspecified atom stereocenters. The average Bonchev–Trinajstić information content (AvgIpc) is 2.98. The zero-order chi connectivity index (χ0) is 18.7. The molecule has 0 aliphatic carbocycles. The maximum atomic E-state index is 13.0. The smallest absolute Gasteiger partial charge is 0.322 e. The van der Waals surface area contributed by atoms with Crippen LogP contribution in [0.2, 0.25) is 0 Å². The molecular weight excluding hydrogens is 334 g/mol. The van der Waals surface area contributed by atoms with E-state index in [1.807, 2.05) is 24.3 Å². The number of nitrogens with one attached hydrogen (secondary N) is 1. The monoisotopic (exact) mass is 357 g/mol. The van der Waals surface area contributed by atoms with Crippen molar-refractivity contribution in [2.24, 2.45) is 0 Å². The lowest BCUT2D eigenvalue weighted by Gasteiger charge is -2.33. The van der Waals surface area contributed by atoms with Gasteiger partial charge in [-0.25, -0.2) is 4.79 Å². The first-order valence-corrected chi connectivity index (χ1v) is 8.44. The first kappa shape index (κ1) is 18.0. The Morgan fingerprint density at radius 1 is 1.27 bits per heavy atom. The molecule has 7 nitrogen and oxygen atoms in total. The van der Waals surface area contributed by atoms with Gasteiger partial charge in [0, 0.05) is 20.2 Å². The van der Waals surface area contributed by atoms with Crippen molar-refractivity contribution < 1.29 is 19.1 Å². The van der Waals surface area contributed by atoms with Crippen molar-refractivity contribution in [2.45, 2.75) is 6.04 Å². The van der Waals surface area contributed by atoms with Crippen molar-refractivity contribution in [2.75, 3.05) is 40.5 Å². The number of carbonyl (C=O) groups is 2. The molecule has 0 fully saturated rings. The van der Waals surface area contributed by atoms with E-state index in [1.54, 1.807) is 30.1 Å². The molecule has 2 aliphatic rings. The van der Waals surface area contributed by atoms with Gasteiger partial charge in [0.25, 0.3) is 5.91 Å². The zero-order valence-electron chi connectivity index (χ0n) is 15.0. The molecule has 7 heteroatoms. The van der Waals surface area contributed by atoms with E-state index in [4.69, 9.17) is 9.47 Å². The fraction of sp³-hybridized carbons (Fsp3) is 0.368. The molecule has 1 aromatic rings. The summed E-state index contributed by atoms with van der Waals surface area (Å²) in [5, 5.41) is 2.95. The molecule has 0 bridgehead atoms. The summed E-state index contributed by atoms with van der Waals surface area (Å²) in [7, 11) is 3.20. The Morgan fingerprint density at radius 2 is 2.00 bits per heavy atom. The van der Waals surface area contributed by atoms with Gasteiger partial charge in [0.1, 0.15) is 5.75 Å². The summed E-state index contributed by atoms with van der Waals surface area (Å²) in [5.74, 6) is 0.643. The molecule has 1 N–H and O–H groups in total. The third kappa shape index (κ3) is 3.17. The van der Waals surface area contributed by atoms with Crippen LogP contribution >= 0.6 is 0 Å². The molecule has 0 aromatic heterocycles. The van der Waals surface area contributed by atoms with E-state index in [0.717, 1.165) is 17.0 Å². The molecule has 3 amide bonds. The summed E-state index contributed by atoms with van der Waals surface area (Å²) in [5.41, 5.74) is 2.18. The third-order valence-electron chi connectivity index (χ3n) is 4.62. The van der Waals surface area contributed by atoms with Gasteiger partial charge in [-0.05, 0) is 17.7 Å². The number of benzene rings is 1. The van der Waals surface area contributed by atoms with E-state index in [9.17, 15) is 9.59 Å². The minimum atomic E-state index is -0.482. The summed E-state index contributed by atoms with van der Waals surface area (Å²) in [4.78, 5) is 28.9. The molecule has 1 aromatic carbocycles. The molecule has 3 rings (SSSR count). The minimum Gasteiger partial charge on any atom is -0.497 e. The molecule has 0 saturated heterocycles. The van der Waals surface area contributed by atoms with Gasteiger partial charge in [0.05, 0.1) is 37.6 Å². The quantitative estimate of drug-likeness (QED) is 0.754. The van der Waals surface area contributed by atoms with Crippen LogP contribution < -0.4 is 10.1 Å². The van der Waals surface area contributed by atoms with E-state index < -0.39 is 6.04 Å². The zero-order valence-corrected chi connectivity index (χ0v) is 15.0. The van der Waals surface area contributed by atoms with Crippen molar-refractivity contribution in [1.29, 1.82) is 0 Å². The van der Waals surface area contributed by atoms with E-state index in [-0.39, 0.29) is 11.9 Å². The van der Waals surface area contributed by atoms with Crippen molar-refractivity contribution >= 4 is 11.9 Å². The lowest BCUT2D eigenvalue weighted by molar-refractivity contribution is -0.126. The Bertz CT molecular complexity index is 742. The largest absolute Gasteiger partial charge is 0.497 e. The molecule has 1 atom stereocenters. The van der Waals surface area contributed by atoms with Crippen LogP contribution in [-0.2, 0) is 9.53 Å². The highest BCUT2D eigenvalue weighted by atomic mass is 16.5. The summed E-state index contributed by atoms with van der Waals surface area (Å²) in [6.45, 7) is 5.38. The second kappa shape index (κ2) is 7.61. The number of methoxy groups -OCH3 is 2. The maximum Gasteiger partial charge on any atom is 0.322 e. The minimum absolute atomic E-state index is 0.0769. The SMILES string of the molecule is C=CCN1C(=O)NC(c2ccc(OC)cc2)C2=C1CN(CCOC)C2=O. The number of hydrogen-bond acceptors (Lipinski definition) is 4. The highest BCUT2D eigenvalue weighted by Gasteiger charge is 2.43. The Morgan fingerprint density at radius 3 is 2.62 bits per heavy atom.